The van der Waals surface area contributed by atoms with Crippen molar-refractivity contribution in [1.29, 1.82) is 0 Å². The van der Waals surface area contributed by atoms with Gasteiger partial charge in [-0.3, -0.25) is 10.1 Å². The van der Waals surface area contributed by atoms with Crippen LogP contribution in [0.25, 0.3) is 0 Å². The van der Waals surface area contributed by atoms with Crippen molar-refractivity contribution in [3.63, 3.8) is 0 Å². The van der Waals surface area contributed by atoms with Crippen molar-refractivity contribution in [2.75, 3.05) is 0 Å². The lowest BCUT2D eigenvalue weighted by Crippen LogP contribution is -2.31. The first-order chi connectivity index (χ1) is 9.72. The van der Waals surface area contributed by atoms with Gasteiger partial charge in [-0.05, 0) is 23.4 Å². The van der Waals surface area contributed by atoms with E-state index in [0.29, 0.717) is 0 Å². The molecular weight excluding hydrogens is 270 g/mol. The Morgan fingerprint density at radius 1 is 1.25 bits per heavy atom. The van der Waals surface area contributed by atoms with E-state index in [-0.39, 0.29) is 6.04 Å². The van der Waals surface area contributed by atoms with Crippen molar-refractivity contribution in [2.24, 2.45) is 0 Å². The summed E-state index contributed by atoms with van der Waals surface area (Å²) in [7, 11) is 0. The van der Waals surface area contributed by atoms with E-state index in [9.17, 15) is 9.90 Å². The van der Waals surface area contributed by atoms with Gasteiger partial charge in [0.05, 0.1) is 0 Å². The van der Waals surface area contributed by atoms with Crippen LogP contribution in [0.15, 0.2) is 47.8 Å². The number of hydrogen-bond donors (Lipinski definition) is 2. The number of rotatable bonds is 7. The molecule has 0 aliphatic heterocycles. The molecule has 20 heavy (non-hydrogen) atoms. The van der Waals surface area contributed by atoms with Gasteiger partial charge in [-0.2, -0.15) is 0 Å². The summed E-state index contributed by atoms with van der Waals surface area (Å²) in [5.74, 6) is -0.839. The zero-order valence-corrected chi connectivity index (χ0v) is 12.3. The molecule has 0 amide bonds. The number of nitrogens with one attached hydrogen (secondary N) is 1. The Hall–Kier alpha value is -1.65. The van der Waals surface area contributed by atoms with Gasteiger partial charge in [-0.1, -0.05) is 49.7 Å². The number of carboxylic acid groups (broad SMARTS) is 1. The molecule has 106 valence electrons. The molecular formula is C16H19NO2S. The van der Waals surface area contributed by atoms with E-state index in [1.807, 2.05) is 41.8 Å². The Balaban J connectivity index is 2.20. The van der Waals surface area contributed by atoms with Crippen molar-refractivity contribution >= 4 is 17.3 Å². The molecule has 0 aliphatic rings. The maximum Gasteiger partial charge on any atom is 0.325 e. The lowest BCUT2D eigenvalue weighted by molar-refractivity contribution is -0.139. The fraction of sp³-hybridized carbons (Fsp3) is 0.312. The number of aliphatic carboxylic acids is 1. The second kappa shape index (κ2) is 7.22. The van der Waals surface area contributed by atoms with Gasteiger partial charge in [0, 0.05) is 10.9 Å². The van der Waals surface area contributed by atoms with Crippen LogP contribution in [0.4, 0.5) is 0 Å². The highest BCUT2D eigenvalue weighted by molar-refractivity contribution is 7.10. The summed E-state index contributed by atoms with van der Waals surface area (Å²) in [5.41, 5.74) is 0.789. The van der Waals surface area contributed by atoms with Crippen molar-refractivity contribution in [2.45, 2.75) is 31.8 Å². The standard InChI is InChI=1S/C16H19NO2S/c1-2-7-13(14-10-6-11-20-14)17-15(16(18)19)12-8-4-3-5-9-12/h3-6,8-11,13,15,17H,2,7H2,1H3,(H,18,19). The fourth-order valence-electron chi connectivity index (χ4n) is 2.24. The molecule has 0 radical (unpaired) electrons. The van der Waals surface area contributed by atoms with E-state index >= 15 is 0 Å². The highest BCUT2D eigenvalue weighted by atomic mass is 32.1. The summed E-state index contributed by atoms with van der Waals surface area (Å²) in [5, 5.41) is 14.8. The Morgan fingerprint density at radius 3 is 2.55 bits per heavy atom. The molecule has 1 heterocycles. The van der Waals surface area contributed by atoms with Crippen molar-refractivity contribution in [1.82, 2.24) is 5.32 Å². The van der Waals surface area contributed by atoms with Gasteiger partial charge in [-0.25, -0.2) is 0 Å². The monoisotopic (exact) mass is 289 g/mol. The van der Waals surface area contributed by atoms with Crippen LogP contribution < -0.4 is 5.32 Å². The molecule has 0 bridgehead atoms. The molecule has 2 rings (SSSR count). The first-order valence-corrected chi connectivity index (χ1v) is 7.67. The molecule has 2 N–H and O–H groups in total. The van der Waals surface area contributed by atoms with E-state index in [4.69, 9.17) is 0 Å². The van der Waals surface area contributed by atoms with E-state index in [1.54, 1.807) is 11.3 Å². The molecule has 2 aromatic rings. The molecule has 2 unspecified atom stereocenters. The van der Waals surface area contributed by atoms with E-state index in [1.165, 1.54) is 4.88 Å². The first kappa shape index (κ1) is 14.8. The van der Waals surface area contributed by atoms with Crippen LogP contribution in [0.1, 0.15) is 42.3 Å². The average molecular weight is 289 g/mol. The number of hydrogen-bond acceptors (Lipinski definition) is 3. The molecule has 0 saturated heterocycles. The van der Waals surface area contributed by atoms with Crippen LogP contribution >= 0.6 is 11.3 Å². The highest BCUT2D eigenvalue weighted by Gasteiger charge is 2.24. The molecule has 2 atom stereocenters. The topological polar surface area (TPSA) is 49.3 Å². The van der Waals surface area contributed by atoms with Gasteiger partial charge >= 0.3 is 5.97 Å². The third-order valence-corrected chi connectivity index (χ3v) is 4.20. The second-order valence-corrected chi connectivity index (χ2v) is 5.68. The first-order valence-electron chi connectivity index (χ1n) is 6.79. The average Bonchev–Trinajstić information content (AvgIpc) is 2.98. The second-order valence-electron chi connectivity index (χ2n) is 4.71. The Morgan fingerprint density at radius 2 is 2.00 bits per heavy atom. The normalized spacial score (nSPS) is 13.8. The maximum absolute atomic E-state index is 11.6. The zero-order valence-electron chi connectivity index (χ0n) is 11.5. The summed E-state index contributed by atoms with van der Waals surface area (Å²) in [6.45, 7) is 2.11. The number of benzene rings is 1. The van der Waals surface area contributed by atoms with Crippen LogP contribution in [-0.2, 0) is 4.79 Å². The van der Waals surface area contributed by atoms with E-state index < -0.39 is 12.0 Å². The van der Waals surface area contributed by atoms with E-state index in [0.717, 1.165) is 18.4 Å². The molecule has 0 fully saturated rings. The van der Waals surface area contributed by atoms with Gasteiger partial charge in [0.25, 0.3) is 0 Å². The summed E-state index contributed by atoms with van der Waals surface area (Å²) in [6, 6.07) is 12.8. The molecule has 3 nitrogen and oxygen atoms in total. The third-order valence-electron chi connectivity index (χ3n) is 3.21. The molecule has 0 saturated carbocycles. The SMILES string of the molecule is CCCC(NC(C(=O)O)c1ccccc1)c1cccs1. The summed E-state index contributed by atoms with van der Waals surface area (Å²) >= 11 is 1.66. The Bertz CT molecular complexity index is 525. The van der Waals surface area contributed by atoms with Crippen LogP contribution in [0.2, 0.25) is 0 Å². The smallest absolute Gasteiger partial charge is 0.325 e. The molecule has 0 spiro atoms. The minimum absolute atomic E-state index is 0.0845. The van der Waals surface area contributed by atoms with Gasteiger partial charge < -0.3 is 5.11 Å². The molecule has 1 aromatic heterocycles. The lowest BCUT2D eigenvalue weighted by atomic mass is 10.0. The van der Waals surface area contributed by atoms with Gasteiger partial charge in [0.1, 0.15) is 6.04 Å². The summed E-state index contributed by atoms with van der Waals surface area (Å²) in [4.78, 5) is 12.7. The minimum Gasteiger partial charge on any atom is -0.480 e. The Kier molecular flexibility index (Phi) is 5.32. The minimum atomic E-state index is -0.839. The van der Waals surface area contributed by atoms with Crippen LogP contribution in [0.5, 0.6) is 0 Å². The lowest BCUT2D eigenvalue weighted by Gasteiger charge is -2.22. The van der Waals surface area contributed by atoms with Crippen molar-refractivity contribution < 1.29 is 9.90 Å². The quantitative estimate of drug-likeness (QED) is 0.810. The van der Waals surface area contributed by atoms with Crippen LogP contribution in [0, 0.1) is 0 Å². The largest absolute Gasteiger partial charge is 0.480 e. The number of carbonyl (C=O) groups is 1. The number of thiophene rings is 1. The number of carboxylic acids is 1. The predicted octanol–water partition coefficient (Wildman–Crippen LogP) is 4.00. The predicted molar refractivity (Wildman–Crippen MR) is 81.9 cm³/mol. The van der Waals surface area contributed by atoms with Crippen molar-refractivity contribution in [3.05, 3.63) is 58.3 Å². The molecule has 0 aliphatic carbocycles. The van der Waals surface area contributed by atoms with Gasteiger partial charge in [0.15, 0.2) is 0 Å². The van der Waals surface area contributed by atoms with Crippen LogP contribution in [-0.4, -0.2) is 11.1 Å². The fourth-order valence-corrected chi connectivity index (χ4v) is 3.06. The summed E-state index contributed by atoms with van der Waals surface area (Å²) in [6.07, 6.45) is 1.94. The zero-order chi connectivity index (χ0) is 14.4. The Labute approximate surface area is 123 Å². The highest BCUT2D eigenvalue weighted by Crippen LogP contribution is 2.27. The van der Waals surface area contributed by atoms with Crippen LogP contribution in [0.3, 0.4) is 0 Å². The van der Waals surface area contributed by atoms with Gasteiger partial charge in [-0.15, -0.1) is 11.3 Å². The third kappa shape index (κ3) is 3.68. The molecule has 4 heteroatoms. The maximum atomic E-state index is 11.6. The van der Waals surface area contributed by atoms with Crippen molar-refractivity contribution in [3.8, 4) is 0 Å². The molecule has 1 aromatic carbocycles. The summed E-state index contributed by atoms with van der Waals surface area (Å²) < 4.78 is 0. The van der Waals surface area contributed by atoms with E-state index in [2.05, 4.69) is 18.3 Å². The van der Waals surface area contributed by atoms with Gasteiger partial charge in [0.2, 0.25) is 0 Å².